The van der Waals surface area contributed by atoms with Gasteiger partial charge in [0.15, 0.2) is 5.65 Å². The van der Waals surface area contributed by atoms with Gasteiger partial charge in [-0.2, -0.15) is 5.10 Å². The minimum Gasteiger partial charge on any atom is -0.356 e. The highest BCUT2D eigenvalue weighted by molar-refractivity contribution is 7.09. The summed E-state index contributed by atoms with van der Waals surface area (Å²) in [6.07, 6.45) is 4.46. The van der Waals surface area contributed by atoms with Crippen molar-refractivity contribution in [2.45, 2.75) is 19.4 Å². The maximum absolute atomic E-state index is 4.53. The van der Waals surface area contributed by atoms with E-state index < -0.39 is 0 Å². The van der Waals surface area contributed by atoms with E-state index >= 15 is 0 Å². The van der Waals surface area contributed by atoms with Crippen LogP contribution in [0.3, 0.4) is 0 Å². The van der Waals surface area contributed by atoms with Gasteiger partial charge >= 0.3 is 0 Å². The fourth-order valence-corrected chi connectivity index (χ4v) is 3.76. The Morgan fingerprint density at radius 2 is 1.96 bits per heavy atom. The van der Waals surface area contributed by atoms with Crippen molar-refractivity contribution < 1.29 is 0 Å². The molecule has 0 radical (unpaired) electrons. The van der Waals surface area contributed by atoms with Crippen molar-refractivity contribution in [3.8, 4) is 5.69 Å². The summed E-state index contributed by atoms with van der Waals surface area (Å²) >= 11 is 1.79. The lowest BCUT2D eigenvalue weighted by Gasteiger charge is -2.26. The Hall–Kier alpha value is -2.73. The third-order valence-electron chi connectivity index (χ3n) is 4.42. The molecule has 0 spiro atoms. The van der Waals surface area contributed by atoms with Gasteiger partial charge in [-0.1, -0.05) is 24.3 Å². The fourth-order valence-electron chi connectivity index (χ4n) is 2.94. The quantitative estimate of drug-likeness (QED) is 0.547. The van der Waals surface area contributed by atoms with Crippen LogP contribution < -0.4 is 4.90 Å². The Morgan fingerprint density at radius 3 is 2.72 bits per heavy atom. The molecule has 3 aromatic heterocycles. The van der Waals surface area contributed by atoms with Gasteiger partial charge < -0.3 is 4.90 Å². The molecule has 1 atom stereocenters. The minimum absolute atomic E-state index is 0.330. The third kappa shape index (κ3) is 3.00. The van der Waals surface area contributed by atoms with Crippen LogP contribution in [0.25, 0.3) is 16.7 Å². The maximum Gasteiger partial charge on any atom is 0.168 e. The molecule has 6 heteroatoms. The van der Waals surface area contributed by atoms with Crippen LogP contribution >= 0.6 is 11.3 Å². The summed E-state index contributed by atoms with van der Waals surface area (Å²) in [7, 11) is 2.08. The van der Waals surface area contributed by atoms with Crippen molar-refractivity contribution in [2.24, 2.45) is 0 Å². The van der Waals surface area contributed by atoms with Gasteiger partial charge in [-0.05, 0) is 30.5 Å². The summed E-state index contributed by atoms with van der Waals surface area (Å²) in [6, 6.07) is 14.7. The van der Waals surface area contributed by atoms with Crippen molar-refractivity contribution in [1.82, 2.24) is 19.7 Å². The first kappa shape index (κ1) is 15.8. The number of anilines is 1. The zero-order valence-electron chi connectivity index (χ0n) is 14.2. The van der Waals surface area contributed by atoms with E-state index in [1.807, 2.05) is 41.2 Å². The molecule has 0 N–H and O–H groups in total. The summed E-state index contributed by atoms with van der Waals surface area (Å²) in [5, 5.41) is 7.62. The number of hydrogen-bond donors (Lipinski definition) is 0. The van der Waals surface area contributed by atoms with Gasteiger partial charge in [0.05, 0.1) is 17.3 Å². The van der Waals surface area contributed by atoms with E-state index in [-0.39, 0.29) is 0 Å². The second kappa shape index (κ2) is 6.64. The van der Waals surface area contributed by atoms with E-state index in [2.05, 4.69) is 51.5 Å². The topological polar surface area (TPSA) is 46.8 Å². The highest BCUT2D eigenvalue weighted by Gasteiger charge is 2.18. The van der Waals surface area contributed by atoms with Crippen LogP contribution in [0.1, 0.15) is 11.8 Å². The van der Waals surface area contributed by atoms with E-state index in [1.165, 1.54) is 4.88 Å². The average molecular weight is 349 g/mol. The second-order valence-corrected chi connectivity index (χ2v) is 7.10. The summed E-state index contributed by atoms with van der Waals surface area (Å²) in [5.41, 5.74) is 1.82. The molecule has 5 nitrogen and oxygen atoms in total. The van der Waals surface area contributed by atoms with Crippen LogP contribution in [0.2, 0.25) is 0 Å². The first-order valence-corrected chi connectivity index (χ1v) is 9.11. The molecule has 4 rings (SSSR count). The zero-order chi connectivity index (χ0) is 17.2. The van der Waals surface area contributed by atoms with Gasteiger partial charge in [-0.15, -0.1) is 11.3 Å². The molecule has 0 bridgehead atoms. The number of aromatic nitrogens is 4. The Labute approximate surface area is 150 Å². The Balaban J connectivity index is 1.69. The van der Waals surface area contributed by atoms with E-state index in [0.29, 0.717) is 6.04 Å². The van der Waals surface area contributed by atoms with Crippen molar-refractivity contribution >= 4 is 28.2 Å². The first-order valence-electron chi connectivity index (χ1n) is 8.23. The van der Waals surface area contributed by atoms with Gasteiger partial charge in [0.25, 0.3) is 0 Å². The number of rotatable bonds is 5. The van der Waals surface area contributed by atoms with Crippen LogP contribution in [-0.4, -0.2) is 32.8 Å². The van der Waals surface area contributed by atoms with E-state index in [0.717, 1.165) is 29.0 Å². The molecule has 3 heterocycles. The van der Waals surface area contributed by atoms with Crippen LogP contribution in [0.15, 0.2) is 60.4 Å². The van der Waals surface area contributed by atoms with E-state index in [9.17, 15) is 0 Å². The van der Waals surface area contributed by atoms with Crippen LogP contribution in [0.5, 0.6) is 0 Å². The van der Waals surface area contributed by atoms with Crippen molar-refractivity contribution in [1.29, 1.82) is 0 Å². The maximum atomic E-state index is 4.53. The highest BCUT2D eigenvalue weighted by Crippen LogP contribution is 2.26. The molecule has 0 fully saturated rings. The monoisotopic (exact) mass is 349 g/mol. The Kier molecular flexibility index (Phi) is 4.19. The molecule has 1 aromatic carbocycles. The average Bonchev–Trinajstić information content (AvgIpc) is 3.31. The molecule has 25 heavy (non-hydrogen) atoms. The highest BCUT2D eigenvalue weighted by atomic mass is 32.1. The SMILES string of the molecule is CC(Cc1cccs1)N(C)c1ncnc2c1cnn2-c1ccccc1. The molecule has 0 aliphatic carbocycles. The number of benzene rings is 1. The van der Waals surface area contributed by atoms with Crippen molar-refractivity contribution in [3.63, 3.8) is 0 Å². The second-order valence-electron chi connectivity index (χ2n) is 6.07. The largest absolute Gasteiger partial charge is 0.356 e. The summed E-state index contributed by atoms with van der Waals surface area (Å²) in [6.45, 7) is 2.22. The lowest BCUT2D eigenvalue weighted by molar-refractivity contribution is 0.682. The number of para-hydroxylation sites is 1. The molecule has 0 saturated carbocycles. The lowest BCUT2D eigenvalue weighted by Crippen LogP contribution is -2.31. The predicted molar refractivity (Wildman–Crippen MR) is 103 cm³/mol. The summed E-state index contributed by atoms with van der Waals surface area (Å²) < 4.78 is 1.86. The number of hydrogen-bond acceptors (Lipinski definition) is 5. The Bertz CT molecular complexity index is 962. The van der Waals surface area contributed by atoms with E-state index in [1.54, 1.807) is 17.7 Å². The minimum atomic E-state index is 0.330. The molecule has 0 aliphatic rings. The van der Waals surface area contributed by atoms with Crippen LogP contribution in [-0.2, 0) is 6.42 Å². The van der Waals surface area contributed by atoms with Crippen LogP contribution in [0.4, 0.5) is 5.82 Å². The number of nitrogens with zero attached hydrogens (tertiary/aromatic N) is 5. The molecule has 4 aromatic rings. The molecular formula is C19H19N5S. The molecule has 0 aliphatic heterocycles. The fraction of sp³-hybridized carbons (Fsp3) is 0.211. The standard InChI is InChI=1S/C19H19N5S/c1-14(11-16-9-6-10-25-16)23(2)18-17-12-22-24(19(17)21-13-20-18)15-7-4-3-5-8-15/h3-10,12-14H,11H2,1-2H3. The molecule has 1 unspecified atom stereocenters. The third-order valence-corrected chi connectivity index (χ3v) is 5.32. The smallest absolute Gasteiger partial charge is 0.168 e. The number of thiophene rings is 1. The Morgan fingerprint density at radius 1 is 1.12 bits per heavy atom. The van der Waals surface area contributed by atoms with Gasteiger partial charge in [0, 0.05) is 24.4 Å². The molecule has 0 amide bonds. The van der Waals surface area contributed by atoms with Crippen molar-refractivity contribution in [3.05, 3.63) is 65.2 Å². The van der Waals surface area contributed by atoms with Gasteiger partial charge in [0.2, 0.25) is 0 Å². The molecular weight excluding hydrogens is 330 g/mol. The lowest BCUT2D eigenvalue weighted by atomic mass is 10.2. The van der Waals surface area contributed by atoms with Gasteiger partial charge in [-0.3, -0.25) is 0 Å². The molecule has 126 valence electrons. The zero-order valence-corrected chi connectivity index (χ0v) is 15.0. The summed E-state index contributed by atoms with van der Waals surface area (Å²) in [4.78, 5) is 12.6. The number of likely N-dealkylation sites (N-methyl/N-ethyl adjacent to an activating group) is 1. The first-order chi connectivity index (χ1) is 12.2. The predicted octanol–water partition coefficient (Wildman–Crippen LogP) is 3.94. The normalized spacial score (nSPS) is 12.4. The van der Waals surface area contributed by atoms with E-state index in [4.69, 9.17) is 0 Å². The molecule has 0 saturated heterocycles. The van der Waals surface area contributed by atoms with Gasteiger partial charge in [0.1, 0.15) is 12.1 Å². The number of fused-ring (bicyclic) bond motifs is 1. The van der Waals surface area contributed by atoms with Crippen molar-refractivity contribution in [2.75, 3.05) is 11.9 Å². The summed E-state index contributed by atoms with van der Waals surface area (Å²) in [5.74, 6) is 0.913. The van der Waals surface area contributed by atoms with Gasteiger partial charge in [-0.25, -0.2) is 14.6 Å². The van der Waals surface area contributed by atoms with Crippen LogP contribution in [0, 0.1) is 0 Å².